The first-order valence-electron chi connectivity index (χ1n) is 5.47. The molecule has 0 spiro atoms. The second-order valence-electron chi connectivity index (χ2n) is 4.01. The molecule has 0 fully saturated rings. The largest absolute Gasteiger partial charge is 0.345 e. The zero-order valence-corrected chi connectivity index (χ0v) is 14.4. The van der Waals surface area contributed by atoms with Gasteiger partial charge in [0, 0.05) is 5.38 Å². The van der Waals surface area contributed by atoms with Crippen molar-refractivity contribution in [2.75, 3.05) is 0 Å². The average Bonchev–Trinajstić information content (AvgIpc) is 2.79. The Kier molecular flexibility index (Phi) is 5.11. The summed E-state index contributed by atoms with van der Waals surface area (Å²) in [5, 5.41) is 5.78. The van der Waals surface area contributed by atoms with E-state index in [1.54, 1.807) is 23.5 Å². The average molecular weight is 426 g/mol. The highest BCUT2D eigenvalue weighted by atomic mass is 127. The molecule has 0 aliphatic heterocycles. The molecule has 0 saturated heterocycles. The van der Waals surface area contributed by atoms with Gasteiger partial charge in [-0.05, 0) is 53.3 Å². The molecule has 1 unspecified atom stereocenters. The Bertz CT molecular complexity index is 614. The lowest BCUT2D eigenvalue weighted by Gasteiger charge is -2.14. The number of carbonyl (C=O) groups is 1. The van der Waals surface area contributed by atoms with E-state index in [2.05, 4.69) is 27.9 Å². The van der Waals surface area contributed by atoms with E-state index in [0.717, 1.165) is 8.45 Å². The molecule has 0 saturated carbocycles. The standard InChI is InChI=1S/C13H10Cl2INOS/c1-7(8-2-3-10(14)11(15)4-8)17-13(18)9-5-12(16)19-6-9/h2-7H,1H3,(H,17,18). The van der Waals surface area contributed by atoms with Crippen LogP contribution < -0.4 is 5.32 Å². The molecule has 6 heteroatoms. The van der Waals surface area contributed by atoms with Gasteiger partial charge in [-0.2, -0.15) is 0 Å². The Morgan fingerprint density at radius 1 is 1.32 bits per heavy atom. The first kappa shape index (κ1) is 15.1. The maximum atomic E-state index is 12.0. The molecule has 1 amide bonds. The minimum absolute atomic E-state index is 0.0854. The highest BCUT2D eigenvalue weighted by Gasteiger charge is 2.13. The lowest BCUT2D eigenvalue weighted by atomic mass is 10.1. The Labute approximate surface area is 139 Å². The molecule has 100 valence electrons. The minimum atomic E-state index is -0.125. The van der Waals surface area contributed by atoms with Crippen molar-refractivity contribution in [3.8, 4) is 0 Å². The van der Waals surface area contributed by atoms with E-state index in [4.69, 9.17) is 23.2 Å². The van der Waals surface area contributed by atoms with E-state index >= 15 is 0 Å². The van der Waals surface area contributed by atoms with Gasteiger partial charge in [-0.25, -0.2) is 0 Å². The number of hydrogen-bond acceptors (Lipinski definition) is 2. The van der Waals surface area contributed by atoms with Crippen LogP contribution in [0, 0.1) is 2.88 Å². The van der Waals surface area contributed by atoms with E-state index in [9.17, 15) is 4.79 Å². The van der Waals surface area contributed by atoms with Crippen LogP contribution in [-0.4, -0.2) is 5.91 Å². The predicted octanol–water partition coefficient (Wildman–Crippen LogP) is 5.15. The first-order chi connectivity index (χ1) is 8.97. The van der Waals surface area contributed by atoms with E-state index < -0.39 is 0 Å². The molecular weight excluding hydrogens is 416 g/mol. The summed E-state index contributed by atoms with van der Waals surface area (Å²) in [5.74, 6) is -0.0854. The second kappa shape index (κ2) is 6.43. The lowest BCUT2D eigenvalue weighted by molar-refractivity contribution is 0.0940. The van der Waals surface area contributed by atoms with Crippen LogP contribution in [0.5, 0.6) is 0 Å². The number of carbonyl (C=O) groups excluding carboxylic acids is 1. The first-order valence-corrected chi connectivity index (χ1v) is 8.18. The van der Waals surface area contributed by atoms with Crippen LogP contribution in [0.4, 0.5) is 0 Å². The molecule has 2 aromatic rings. The molecule has 1 aromatic heterocycles. The van der Waals surface area contributed by atoms with Crippen molar-refractivity contribution in [2.24, 2.45) is 0 Å². The van der Waals surface area contributed by atoms with E-state index in [1.165, 1.54) is 0 Å². The van der Waals surface area contributed by atoms with Gasteiger partial charge in [-0.3, -0.25) is 4.79 Å². The fourth-order valence-corrected chi connectivity index (χ4v) is 3.21. The Hall–Kier alpha value is -0.300. The number of benzene rings is 1. The smallest absolute Gasteiger partial charge is 0.252 e. The summed E-state index contributed by atoms with van der Waals surface area (Å²) < 4.78 is 1.09. The van der Waals surface area contributed by atoms with Gasteiger partial charge in [-0.1, -0.05) is 29.3 Å². The van der Waals surface area contributed by atoms with Crippen LogP contribution in [0.25, 0.3) is 0 Å². The molecular formula is C13H10Cl2INOS. The Morgan fingerprint density at radius 3 is 2.63 bits per heavy atom. The highest BCUT2D eigenvalue weighted by molar-refractivity contribution is 14.1. The quantitative estimate of drug-likeness (QED) is 0.677. The number of halogens is 3. The lowest BCUT2D eigenvalue weighted by Crippen LogP contribution is -2.26. The third-order valence-electron chi connectivity index (χ3n) is 2.62. The van der Waals surface area contributed by atoms with Gasteiger partial charge >= 0.3 is 0 Å². The molecule has 1 N–H and O–H groups in total. The maximum Gasteiger partial charge on any atom is 0.252 e. The van der Waals surface area contributed by atoms with Crippen LogP contribution >= 0.6 is 57.1 Å². The van der Waals surface area contributed by atoms with Crippen LogP contribution in [0.2, 0.25) is 10.0 Å². The highest BCUT2D eigenvalue weighted by Crippen LogP contribution is 2.26. The van der Waals surface area contributed by atoms with Crippen molar-refractivity contribution < 1.29 is 4.79 Å². The fraction of sp³-hybridized carbons (Fsp3) is 0.154. The fourth-order valence-electron chi connectivity index (χ4n) is 1.57. The van der Waals surface area contributed by atoms with Gasteiger partial charge in [0.05, 0.1) is 24.5 Å². The van der Waals surface area contributed by atoms with Crippen LogP contribution in [-0.2, 0) is 0 Å². The summed E-state index contributed by atoms with van der Waals surface area (Å²) in [4.78, 5) is 12.0. The van der Waals surface area contributed by atoms with Crippen LogP contribution in [0.1, 0.15) is 28.9 Å². The number of rotatable bonds is 3. The normalized spacial score (nSPS) is 12.2. The van der Waals surface area contributed by atoms with Gasteiger partial charge < -0.3 is 5.32 Å². The van der Waals surface area contributed by atoms with Gasteiger partial charge in [0.2, 0.25) is 0 Å². The zero-order chi connectivity index (χ0) is 14.0. The molecule has 1 atom stereocenters. The maximum absolute atomic E-state index is 12.0. The van der Waals surface area contributed by atoms with Crippen molar-refractivity contribution in [3.05, 3.63) is 53.7 Å². The predicted molar refractivity (Wildman–Crippen MR) is 89.4 cm³/mol. The molecule has 0 aliphatic rings. The Morgan fingerprint density at radius 2 is 2.05 bits per heavy atom. The Balaban J connectivity index is 2.10. The summed E-state index contributed by atoms with van der Waals surface area (Å²) in [5.41, 5.74) is 1.61. The number of thiophene rings is 1. The zero-order valence-electron chi connectivity index (χ0n) is 9.91. The van der Waals surface area contributed by atoms with Crippen molar-refractivity contribution in [3.63, 3.8) is 0 Å². The third kappa shape index (κ3) is 3.84. The molecule has 2 nitrogen and oxygen atoms in total. The molecule has 2 rings (SSSR count). The summed E-state index contributed by atoms with van der Waals surface area (Å²) in [7, 11) is 0. The number of hydrogen-bond donors (Lipinski definition) is 1. The summed E-state index contributed by atoms with van der Waals surface area (Å²) in [6.45, 7) is 1.91. The van der Waals surface area contributed by atoms with E-state index in [0.29, 0.717) is 15.6 Å². The SMILES string of the molecule is CC(NC(=O)c1csc(I)c1)c1ccc(Cl)c(Cl)c1. The van der Waals surface area contributed by atoms with Crippen LogP contribution in [0.3, 0.4) is 0 Å². The van der Waals surface area contributed by atoms with Crippen molar-refractivity contribution in [2.45, 2.75) is 13.0 Å². The summed E-state index contributed by atoms with van der Waals surface area (Å²) >= 11 is 15.6. The molecule has 19 heavy (non-hydrogen) atoms. The molecule has 0 aliphatic carbocycles. The van der Waals surface area contributed by atoms with Crippen LogP contribution in [0.15, 0.2) is 29.6 Å². The van der Waals surface area contributed by atoms with Gasteiger partial charge in [0.15, 0.2) is 0 Å². The van der Waals surface area contributed by atoms with E-state index in [-0.39, 0.29) is 11.9 Å². The number of amides is 1. The minimum Gasteiger partial charge on any atom is -0.345 e. The molecule has 1 aromatic carbocycles. The van der Waals surface area contributed by atoms with Crippen molar-refractivity contribution in [1.29, 1.82) is 0 Å². The monoisotopic (exact) mass is 425 g/mol. The molecule has 0 radical (unpaired) electrons. The van der Waals surface area contributed by atoms with Gasteiger partial charge in [0.1, 0.15) is 0 Å². The van der Waals surface area contributed by atoms with Crippen molar-refractivity contribution in [1.82, 2.24) is 5.32 Å². The van der Waals surface area contributed by atoms with Gasteiger partial charge in [-0.15, -0.1) is 11.3 Å². The van der Waals surface area contributed by atoms with Crippen molar-refractivity contribution >= 4 is 63.0 Å². The number of nitrogens with one attached hydrogen (secondary N) is 1. The topological polar surface area (TPSA) is 29.1 Å². The summed E-state index contributed by atoms with van der Waals surface area (Å²) in [6, 6.07) is 7.10. The molecule has 0 bridgehead atoms. The third-order valence-corrected chi connectivity index (χ3v) is 5.15. The van der Waals surface area contributed by atoms with Gasteiger partial charge in [0.25, 0.3) is 5.91 Å². The second-order valence-corrected chi connectivity index (χ2v) is 7.63. The molecule has 1 heterocycles. The summed E-state index contributed by atoms with van der Waals surface area (Å²) in [6.07, 6.45) is 0. The van der Waals surface area contributed by atoms with E-state index in [1.807, 2.05) is 24.4 Å².